The van der Waals surface area contributed by atoms with Gasteiger partial charge in [0.05, 0.1) is 6.54 Å². The topological polar surface area (TPSA) is 88.4 Å². The smallest absolute Gasteiger partial charge is 0.239 e. The normalized spacial score (nSPS) is 14.0. The fraction of sp³-hybridized carbons (Fsp3) is 0.467. The zero-order valence-electron chi connectivity index (χ0n) is 12.3. The molecule has 0 bridgehead atoms. The van der Waals surface area contributed by atoms with Crippen molar-refractivity contribution in [1.82, 2.24) is 25.2 Å². The van der Waals surface area contributed by atoms with E-state index in [9.17, 15) is 9.59 Å². The maximum absolute atomic E-state index is 11.6. The minimum absolute atomic E-state index is 0.00919. The summed E-state index contributed by atoms with van der Waals surface area (Å²) >= 11 is 0. The minimum atomic E-state index is -0.153. The first-order valence-electron chi connectivity index (χ1n) is 7.57. The molecule has 0 saturated heterocycles. The molecule has 2 amide bonds. The Bertz CT molecular complexity index is 677. The third kappa shape index (κ3) is 3.60. The average Bonchev–Trinajstić information content (AvgIpc) is 3.31. The fourth-order valence-electron chi connectivity index (χ4n) is 2.26. The summed E-state index contributed by atoms with van der Waals surface area (Å²) < 4.78 is 1.94. The number of carbonyl (C=O) groups is 2. The summed E-state index contributed by atoms with van der Waals surface area (Å²) in [6, 6.07) is 5.76. The van der Waals surface area contributed by atoms with Crippen LogP contribution in [0.3, 0.4) is 0 Å². The molecule has 0 aliphatic heterocycles. The van der Waals surface area contributed by atoms with E-state index >= 15 is 0 Å². The van der Waals surface area contributed by atoms with Crippen molar-refractivity contribution in [3.63, 3.8) is 0 Å². The Morgan fingerprint density at radius 3 is 2.91 bits per heavy atom. The van der Waals surface area contributed by atoms with Crippen molar-refractivity contribution in [2.75, 3.05) is 13.1 Å². The maximum atomic E-state index is 11.6. The molecule has 7 heteroatoms. The molecule has 22 heavy (non-hydrogen) atoms. The van der Waals surface area contributed by atoms with Gasteiger partial charge >= 0.3 is 0 Å². The molecule has 1 aliphatic rings. The molecular weight excluding hydrogens is 282 g/mol. The number of hydrogen-bond donors (Lipinski definition) is 2. The number of pyridine rings is 1. The van der Waals surface area contributed by atoms with E-state index in [1.807, 2.05) is 28.8 Å². The molecule has 0 radical (unpaired) electrons. The molecule has 1 aliphatic carbocycles. The summed E-state index contributed by atoms with van der Waals surface area (Å²) in [5.41, 5.74) is 0.823. The van der Waals surface area contributed by atoms with Crippen molar-refractivity contribution >= 4 is 17.5 Å². The first kappa shape index (κ1) is 14.5. The molecule has 0 unspecified atom stereocenters. The Morgan fingerprint density at radius 2 is 2.09 bits per heavy atom. The van der Waals surface area contributed by atoms with Gasteiger partial charge in [-0.25, -0.2) is 0 Å². The van der Waals surface area contributed by atoms with E-state index in [0.717, 1.165) is 37.2 Å². The van der Waals surface area contributed by atoms with Crippen molar-refractivity contribution in [3.8, 4) is 0 Å². The lowest BCUT2D eigenvalue weighted by Gasteiger charge is -2.06. The number of nitrogens with zero attached hydrogens (tertiary/aromatic N) is 3. The van der Waals surface area contributed by atoms with E-state index in [1.54, 1.807) is 0 Å². The molecule has 0 atom stereocenters. The van der Waals surface area contributed by atoms with E-state index in [0.29, 0.717) is 6.54 Å². The van der Waals surface area contributed by atoms with E-state index in [2.05, 4.69) is 20.8 Å². The van der Waals surface area contributed by atoms with E-state index in [4.69, 9.17) is 0 Å². The first-order chi connectivity index (χ1) is 10.7. The molecule has 2 heterocycles. The van der Waals surface area contributed by atoms with Crippen LogP contribution in [0.5, 0.6) is 0 Å². The van der Waals surface area contributed by atoms with Crippen molar-refractivity contribution in [3.05, 3.63) is 30.2 Å². The van der Waals surface area contributed by atoms with E-state index < -0.39 is 0 Å². The Labute approximate surface area is 128 Å². The zero-order valence-corrected chi connectivity index (χ0v) is 12.3. The van der Waals surface area contributed by atoms with Crippen LogP contribution in [0.15, 0.2) is 24.4 Å². The molecule has 3 rings (SSSR count). The Morgan fingerprint density at radius 1 is 1.23 bits per heavy atom. The van der Waals surface area contributed by atoms with Gasteiger partial charge in [-0.05, 0) is 31.4 Å². The predicted octanol–water partition coefficient (Wildman–Crippen LogP) is 0.304. The van der Waals surface area contributed by atoms with Crippen LogP contribution in [0, 0.1) is 5.92 Å². The lowest BCUT2D eigenvalue weighted by atomic mass is 10.3. The number of hydrogen-bond acceptors (Lipinski definition) is 4. The summed E-state index contributed by atoms with van der Waals surface area (Å²) in [6.07, 6.45) is 5.33. The molecule has 2 aromatic heterocycles. The van der Waals surface area contributed by atoms with Gasteiger partial charge in [0, 0.05) is 25.1 Å². The van der Waals surface area contributed by atoms with Crippen LogP contribution in [-0.2, 0) is 16.0 Å². The molecular formula is C15H19N5O2. The van der Waals surface area contributed by atoms with Gasteiger partial charge in [0.15, 0.2) is 5.65 Å². The average molecular weight is 301 g/mol. The molecule has 116 valence electrons. The van der Waals surface area contributed by atoms with Crippen LogP contribution in [0.1, 0.15) is 25.1 Å². The number of carbonyl (C=O) groups excluding carboxylic acids is 2. The number of aryl methyl sites for hydroxylation is 1. The van der Waals surface area contributed by atoms with Crippen molar-refractivity contribution in [1.29, 1.82) is 0 Å². The summed E-state index contributed by atoms with van der Waals surface area (Å²) in [5.74, 6) is 0.853. The summed E-state index contributed by atoms with van der Waals surface area (Å²) in [6.45, 7) is 0.614. The molecule has 0 spiro atoms. The molecule has 2 N–H and O–H groups in total. The van der Waals surface area contributed by atoms with Crippen LogP contribution in [0.25, 0.3) is 5.65 Å². The monoisotopic (exact) mass is 301 g/mol. The number of fused-ring (bicyclic) bond motifs is 1. The summed E-state index contributed by atoms with van der Waals surface area (Å²) in [7, 11) is 0. The highest BCUT2D eigenvalue weighted by Gasteiger charge is 2.29. The standard InChI is InChI=1S/C15H19N5O2/c21-14(10-17-15(22)11-6-7-11)16-8-3-5-13-19-18-12-4-1-2-9-20(12)13/h1-2,4,9,11H,3,5-8,10H2,(H,16,21)(H,17,22). The van der Waals surface area contributed by atoms with E-state index in [-0.39, 0.29) is 24.3 Å². The number of nitrogens with one attached hydrogen (secondary N) is 2. The van der Waals surface area contributed by atoms with Gasteiger partial charge in [-0.3, -0.25) is 14.0 Å². The predicted molar refractivity (Wildman–Crippen MR) is 80.1 cm³/mol. The van der Waals surface area contributed by atoms with Crippen molar-refractivity contribution in [2.45, 2.75) is 25.7 Å². The number of amides is 2. The second-order valence-electron chi connectivity index (χ2n) is 5.49. The Hall–Kier alpha value is -2.44. The van der Waals surface area contributed by atoms with Crippen LogP contribution >= 0.6 is 0 Å². The minimum Gasteiger partial charge on any atom is -0.355 e. The van der Waals surface area contributed by atoms with Crippen LogP contribution < -0.4 is 10.6 Å². The van der Waals surface area contributed by atoms with Gasteiger partial charge < -0.3 is 10.6 Å². The molecule has 1 fully saturated rings. The Balaban J connectivity index is 1.36. The van der Waals surface area contributed by atoms with Gasteiger partial charge in [-0.1, -0.05) is 6.07 Å². The van der Waals surface area contributed by atoms with Gasteiger partial charge in [0.25, 0.3) is 0 Å². The molecule has 0 aromatic carbocycles. The van der Waals surface area contributed by atoms with Gasteiger partial charge in [-0.15, -0.1) is 10.2 Å². The lowest BCUT2D eigenvalue weighted by molar-refractivity contribution is -0.126. The van der Waals surface area contributed by atoms with Gasteiger partial charge in [0.2, 0.25) is 11.8 Å². The zero-order chi connectivity index (χ0) is 15.4. The lowest BCUT2D eigenvalue weighted by Crippen LogP contribution is -2.38. The molecule has 7 nitrogen and oxygen atoms in total. The third-order valence-electron chi connectivity index (χ3n) is 3.65. The molecule has 2 aromatic rings. The maximum Gasteiger partial charge on any atom is 0.239 e. The second-order valence-corrected chi connectivity index (χ2v) is 5.49. The first-order valence-corrected chi connectivity index (χ1v) is 7.57. The van der Waals surface area contributed by atoms with Crippen LogP contribution in [0.2, 0.25) is 0 Å². The molecule has 1 saturated carbocycles. The van der Waals surface area contributed by atoms with E-state index in [1.165, 1.54) is 0 Å². The highest BCUT2D eigenvalue weighted by atomic mass is 16.2. The van der Waals surface area contributed by atoms with Gasteiger partial charge in [-0.2, -0.15) is 0 Å². The SMILES string of the molecule is O=C(CNC(=O)C1CC1)NCCCc1nnc2ccccn12. The van der Waals surface area contributed by atoms with Crippen molar-refractivity contribution in [2.24, 2.45) is 5.92 Å². The van der Waals surface area contributed by atoms with Crippen LogP contribution in [0.4, 0.5) is 0 Å². The highest BCUT2D eigenvalue weighted by Crippen LogP contribution is 2.28. The number of aromatic nitrogens is 3. The van der Waals surface area contributed by atoms with Crippen molar-refractivity contribution < 1.29 is 9.59 Å². The largest absolute Gasteiger partial charge is 0.355 e. The third-order valence-corrected chi connectivity index (χ3v) is 3.65. The van der Waals surface area contributed by atoms with Gasteiger partial charge in [0.1, 0.15) is 5.82 Å². The fourth-order valence-corrected chi connectivity index (χ4v) is 2.26. The second kappa shape index (κ2) is 6.55. The highest BCUT2D eigenvalue weighted by molar-refractivity contribution is 5.86. The Kier molecular flexibility index (Phi) is 4.32. The summed E-state index contributed by atoms with van der Waals surface area (Å²) in [4.78, 5) is 23.0. The van der Waals surface area contributed by atoms with Crippen LogP contribution in [-0.4, -0.2) is 39.5 Å². The summed E-state index contributed by atoms with van der Waals surface area (Å²) in [5, 5.41) is 13.7. The number of rotatable bonds is 7. The quantitative estimate of drug-likeness (QED) is 0.720.